The fraction of sp³-hybridized carbons (Fsp3) is 0.391. The van der Waals surface area contributed by atoms with Crippen molar-refractivity contribution in [3.05, 3.63) is 35.8 Å². The third-order valence-electron chi connectivity index (χ3n) is 6.27. The van der Waals surface area contributed by atoms with Crippen molar-refractivity contribution < 1.29 is 22.7 Å². The highest BCUT2D eigenvalue weighted by atomic mass is 19.4. The minimum absolute atomic E-state index is 0.00349. The Balaban J connectivity index is 1.40. The first-order valence-corrected chi connectivity index (χ1v) is 11.3. The fourth-order valence-electron chi connectivity index (χ4n) is 4.03. The highest BCUT2D eigenvalue weighted by molar-refractivity contribution is 6.00. The molecule has 10 nitrogen and oxygen atoms in total. The molecule has 196 valence electrons. The van der Waals surface area contributed by atoms with Crippen molar-refractivity contribution in [2.24, 2.45) is 10.7 Å². The lowest BCUT2D eigenvalue weighted by Crippen LogP contribution is -2.47. The molecule has 1 fully saturated rings. The molecule has 0 saturated carbocycles. The Bertz CT molecular complexity index is 1370. The number of aliphatic imine (C=N–C) groups is 1. The van der Waals surface area contributed by atoms with Gasteiger partial charge in [0.15, 0.2) is 22.9 Å². The number of hydrogen-bond donors (Lipinski definition) is 3. The minimum atomic E-state index is -4.92. The second kappa shape index (κ2) is 9.83. The minimum Gasteiger partial charge on any atom is -0.376 e. The summed E-state index contributed by atoms with van der Waals surface area (Å²) in [7, 11) is 0. The van der Waals surface area contributed by atoms with Crippen molar-refractivity contribution in [1.82, 2.24) is 24.6 Å². The van der Waals surface area contributed by atoms with Crippen LogP contribution in [-0.2, 0) is 12.1 Å². The van der Waals surface area contributed by atoms with Crippen LogP contribution in [0.3, 0.4) is 0 Å². The standard InChI is InChI=1S/C23H25F4N9O/c1-3-18(28)31-19-15-13-30-36(20(15)33-21(29)32-19)11-8-34-6-9-35(10-7-34)17-5-4-14(12-16(17)24)22(2,37)23(25,26)27/h1,4-5,12-13,37H,6-11H2,2H3,(H4,28,29,31,32,33). The molecule has 1 aliphatic rings. The molecule has 5 N–H and O–H groups in total. The Hall–Kier alpha value is -3.96. The van der Waals surface area contributed by atoms with Crippen molar-refractivity contribution in [2.75, 3.05) is 43.4 Å². The maximum absolute atomic E-state index is 14.7. The Labute approximate surface area is 209 Å². The zero-order valence-corrected chi connectivity index (χ0v) is 19.9. The van der Waals surface area contributed by atoms with E-state index in [0.29, 0.717) is 57.2 Å². The van der Waals surface area contributed by atoms with Crippen LogP contribution in [0.15, 0.2) is 29.4 Å². The van der Waals surface area contributed by atoms with E-state index in [1.165, 1.54) is 6.07 Å². The van der Waals surface area contributed by atoms with Crippen LogP contribution in [0.25, 0.3) is 11.0 Å². The number of aliphatic hydroxyl groups is 1. The summed E-state index contributed by atoms with van der Waals surface area (Å²) in [5.41, 5.74) is 8.39. The fourth-order valence-corrected chi connectivity index (χ4v) is 4.03. The number of nitrogens with zero attached hydrogens (tertiary/aromatic N) is 7. The number of hydrogen-bond acceptors (Lipinski definition) is 8. The van der Waals surface area contributed by atoms with Crippen LogP contribution in [-0.4, -0.2) is 74.5 Å². The number of piperazine rings is 1. The van der Waals surface area contributed by atoms with Crippen LogP contribution >= 0.6 is 0 Å². The molecule has 4 rings (SSSR count). The Morgan fingerprint density at radius 1 is 1.19 bits per heavy atom. The van der Waals surface area contributed by atoms with Crippen molar-refractivity contribution in [3.63, 3.8) is 0 Å². The van der Waals surface area contributed by atoms with E-state index >= 15 is 0 Å². The molecule has 0 aliphatic carbocycles. The van der Waals surface area contributed by atoms with Crippen LogP contribution in [0.1, 0.15) is 12.5 Å². The van der Waals surface area contributed by atoms with E-state index in [1.54, 1.807) is 15.8 Å². The number of anilines is 2. The van der Waals surface area contributed by atoms with Crippen LogP contribution in [0.5, 0.6) is 0 Å². The first-order chi connectivity index (χ1) is 17.4. The van der Waals surface area contributed by atoms with Gasteiger partial charge in [0.1, 0.15) is 5.82 Å². The first kappa shape index (κ1) is 26.1. The van der Waals surface area contributed by atoms with Gasteiger partial charge in [0.05, 0.1) is 23.8 Å². The SMILES string of the molecule is C#CC(N)=Nc1nc(N)nc2c1cnn2CCN1CCN(c2ccc(C(C)(O)C(F)(F)F)cc2F)CC1. The lowest BCUT2D eigenvalue weighted by molar-refractivity contribution is -0.258. The van der Waals surface area contributed by atoms with Crippen LogP contribution in [0.4, 0.5) is 35.0 Å². The normalized spacial score (nSPS) is 17.1. The summed E-state index contributed by atoms with van der Waals surface area (Å²) in [5.74, 6) is 1.56. The summed E-state index contributed by atoms with van der Waals surface area (Å²) < 4.78 is 55.6. The van der Waals surface area contributed by atoms with Crippen molar-refractivity contribution in [1.29, 1.82) is 0 Å². The molecule has 3 aromatic rings. The molecule has 1 unspecified atom stereocenters. The van der Waals surface area contributed by atoms with E-state index < -0.39 is 23.2 Å². The van der Waals surface area contributed by atoms with Crippen molar-refractivity contribution in [3.8, 4) is 12.3 Å². The number of nitrogens with two attached hydrogens (primary N) is 2. The molecule has 1 aliphatic heterocycles. The number of rotatable bonds is 6. The van der Waals surface area contributed by atoms with Gasteiger partial charge >= 0.3 is 6.18 Å². The number of aromatic nitrogens is 4. The Morgan fingerprint density at radius 3 is 2.51 bits per heavy atom. The number of benzene rings is 1. The maximum atomic E-state index is 14.7. The van der Waals surface area contributed by atoms with Gasteiger partial charge in [0, 0.05) is 32.7 Å². The second-order valence-electron chi connectivity index (χ2n) is 8.72. The number of fused-ring (bicyclic) bond motifs is 1. The highest BCUT2D eigenvalue weighted by Crippen LogP contribution is 2.39. The topological polar surface area (TPSA) is 135 Å². The maximum Gasteiger partial charge on any atom is 0.421 e. The summed E-state index contributed by atoms with van der Waals surface area (Å²) in [6.45, 7) is 3.79. The molecular weight excluding hydrogens is 494 g/mol. The number of nitrogen functional groups attached to an aromatic ring is 1. The lowest BCUT2D eigenvalue weighted by Gasteiger charge is -2.36. The third kappa shape index (κ3) is 5.27. The predicted octanol–water partition coefficient (Wildman–Crippen LogP) is 1.76. The van der Waals surface area contributed by atoms with E-state index in [0.717, 1.165) is 12.1 Å². The van der Waals surface area contributed by atoms with Gasteiger partial charge < -0.3 is 21.5 Å². The smallest absolute Gasteiger partial charge is 0.376 e. The molecular formula is C23H25F4N9O. The predicted molar refractivity (Wildman–Crippen MR) is 131 cm³/mol. The van der Waals surface area contributed by atoms with Crippen molar-refractivity contribution in [2.45, 2.75) is 25.2 Å². The number of amidine groups is 1. The highest BCUT2D eigenvalue weighted by Gasteiger charge is 2.51. The first-order valence-electron chi connectivity index (χ1n) is 11.3. The molecule has 1 atom stereocenters. The van der Waals surface area contributed by atoms with E-state index in [-0.39, 0.29) is 23.3 Å². The van der Waals surface area contributed by atoms with Gasteiger partial charge in [-0.05, 0) is 30.5 Å². The average molecular weight is 520 g/mol. The number of terminal acetylenes is 1. The second-order valence-corrected chi connectivity index (χ2v) is 8.72. The van der Waals surface area contributed by atoms with E-state index in [2.05, 4.69) is 30.9 Å². The Kier molecular flexibility index (Phi) is 6.94. The van der Waals surface area contributed by atoms with Crippen molar-refractivity contribution >= 4 is 34.3 Å². The average Bonchev–Trinajstić information content (AvgIpc) is 3.25. The number of alkyl halides is 3. The largest absolute Gasteiger partial charge is 0.421 e. The summed E-state index contributed by atoms with van der Waals surface area (Å²) in [6, 6.07) is 3.11. The quantitative estimate of drug-likeness (QED) is 0.194. The molecule has 0 bridgehead atoms. The van der Waals surface area contributed by atoms with Gasteiger partial charge in [-0.3, -0.25) is 4.90 Å². The molecule has 37 heavy (non-hydrogen) atoms. The number of halogens is 4. The molecule has 3 heterocycles. The molecule has 0 spiro atoms. The summed E-state index contributed by atoms with van der Waals surface area (Å²) in [4.78, 5) is 16.3. The summed E-state index contributed by atoms with van der Waals surface area (Å²) in [6.07, 6.45) is 1.88. The molecule has 2 aromatic heterocycles. The van der Waals surface area contributed by atoms with E-state index in [4.69, 9.17) is 17.9 Å². The van der Waals surface area contributed by atoms with Crippen LogP contribution in [0.2, 0.25) is 0 Å². The summed E-state index contributed by atoms with van der Waals surface area (Å²) >= 11 is 0. The molecule has 1 saturated heterocycles. The van der Waals surface area contributed by atoms with E-state index in [1.807, 2.05) is 0 Å². The zero-order chi connectivity index (χ0) is 27.0. The Morgan fingerprint density at radius 2 is 1.89 bits per heavy atom. The van der Waals surface area contributed by atoms with Gasteiger partial charge in [-0.1, -0.05) is 6.07 Å². The van der Waals surface area contributed by atoms with Crippen LogP contribution < -0.4 is 16.4 Å². The lowest BCUT2D eigenvalue weighted by atomic mass is 9.95. The molecule has 0 amide bonds. The van der Waals surface area contributed by atoms with Gasteiger partial charge in [-0.2, -0.15) is 28.2 Å². The summed E-state index contributed by atoms with van der Waals surface area (Å²) in [5, 5.41) is 14.7. The third-order valence-corrected chi connectivity index (χ3v) is 6.27. The molecule has 14 heteroatoms. The van der Waals surface area contributed by atoms with E-state index in [9.17, 15) is 22.7 Å². The van der Waals surface area contributed by atoms with Gasteiger partial charge in [0.25, 0.3) is 0 Å². The zero-order valence-electron chi connectivity index (χ0n) is 19.9. The van der Waals surface area contributed by atoms with Crippen LogP contribution in [0, 0.1) is 18.2 Å². The molecule has 0 radical (unpaired) electrons. The van der Waals surface area contributed by atoms with Gasteiger partial charge in [0.2, 0.25) is 5.95 Å². The molecule has 1 aromatic carbocycles. The van der Waals surface area contributed by atoms with Gasteiger partial charge in [-0.15, -0.1) is 6.42 Å². The van der Waals surface area contributed by atoms with Gasteiger partial charge in [-0.25, -0.2) is 14.1 Å². The monoisotopic (exact) mass is 519 g/mol.